The molecule has 0 unspecified atom stereocenters. The Labute approximate surface area is 157 Å². The van der Waals surface area contributed by atoms with Crippen LogP contribution in [0, 0.1) is 0 Å². The van der Waals surface area contributed by atoms with Crippen molar-refractivity contribution in [1.82, 2.24) is 4.22 Å². The summed E-state index contributed by atoms with van der Waals surface area (Å²) in [4.78, 5) is 0. The molecular formula is C21H37N2PSi. The number of rotatable bonds is 4. The standard InChI is InChI=1S/C21H37N2PSi/c1-16(2)24(17(3)4)25-22(20(5,6)7)19(23(25)21(8,9)10)18-14-12-11-13-15-18/h11-17H,1-10H3. The Morgan fingerprint density at radius 3 is 1.72 bits per heavy atom. The lowest BCUT2D eigenvalue weighted by atomic mass is 10.1. The molecule has 1 heterocycles. The second kappa shape index (κ2) is 7.16. The molecule has 140 valence electrons. The topological polar surface area (TPSA) is 8.81 Å². The lowest BCUT2D eigenvalue weighted by molar-refractivity contribution is -0.711. The minimum Gasteiger partial charge on any atom is -0.425 e. The molecule has 0 saturated carbocycles. The van der Waals surface area contributed by atoms with Crippen LogP contribution in [0.1, 0.15) is 69.2 Å². The molecule has 1 aromatic carbocycles. The van der Waals surface area contributed by atoms with Crippen molar-refractivity contribution in [2.75, 3.05) is 0 Å². The normalized spacial score (nSPS) is 13.5. The van der Waals surface area contributed by atoms with Crippen molar-refractivity contribution in [2.45, 2.75) is 91.6 Å². The first kappa shape index (κ1) is 20.6. The van der Waals surface area contributed by atoms with Gasteiger partial charge in [0.25, 0.3) is 0 Å². The van der Waals surface area contributed by atoms with E-state index < -0.39 is 8.40 Å². The van der Waals surface area contributed by atoms with Crippen molar-refractivity contribution in [2.24, 2.45) is 0 Å². The van der Waals surface area contributed by atoms with E-state index in [9.17, 15) is 0 Å². The van der Waals surface area contributed by atoms with Crippen molar-refractivity contribution in [3.8, 4) is 11.4 Å². The summed E-state index contributed by atoms with van der Waals surface area (Å²) < 4.78 is 5.62. The van der Waals surface area contributed by atoms with Gasteiger partial charge in [0.1, 0.15) is 8.40 Å². The highest BCUT2D eigenvalue weighted by molar-refractivity contribution is 7.87. The highest BCUT2D eigenvalue weighted by Gasteiger charge is 2.35. The smallest absolute Gasteiger partial charge is 0.152 e. The van der Waals surface area contributed by atoms with Crippen LogP contribution < -0.4 is 4.22 Å². The van der Waals surface area contributed by atoms with E-state index in [0.717, 1.165) is 11.3 Å². The molecule has 0 radical (unpaired) electrons. The van der Waals surface area contributed by atoms with Gasteiger partial charge in [0.2, 0.25) is 0 Å². The zero-order chi connectivity index (χ0) is 19.2. The predicted octanol–water partition coefficient (Wildman–Crippen LogP) is 5.76. The Morgan fingerprint density at radius 1 is 0.880 bits per heavy atom. The SMILES string of the molecule is CC(C)P(C(C)C)[si-]1n(C(C)(C)C)c(-c2ccccc2)[n+]1C(C)(C)C. The van der Waals surface area contributed by atoms with E-state index >= 15 is 0 Å². The third-order valence-corrected chi connectivity index (χ3v) is 15.5. The van der Waals surface area contributed by atoms with E-state index in [2.05, 4.69) is 108 Å². The van der Waals surface area contributed by atoms with E-state index in [0.29, 0.717) is 0 Å². The number of benzene rings is 1. The highest BCUT2D eigenvalue weighted by Crippen LogP contribution is 2.48. The Morgan fingerprint density at radius 2 is 1.36 bits per heavy atom. The molecule has 0 aliphatic carbocycles. The van der Waals surface area contributed by atoms with Gasteiger partial charge in [-0.3, -0.25) is 0 Å². The van der Waals surface area contributed by atoms with Gasteiger partial charge in [-0.1, -0.05) is 57.2 Å². The van der Waals surface area contributed by atoms with Gasteiger partial charge in [0, 0.05) is 16.6 Å². The molecule has 0 aliphatic heterocycles. The summed E-state index contributed by atoms with van der Waals surface area (Å²) in [6.45, 7) is 24.0. The van der Waals surface area contributed by atoms with Crippen LogP contribution in [0.4, 0.5) is 0 Å². The van der Waals surface area contributed by atoms with Gasteiger partial charge in [-0.05, 0) is 53.7 Å². The Balaban J connectivity index is 2.84. The molecule has 2 nitrogen and oxygen atoms in total. The average Bonchev–Trinajstić information content (AvgIpc) is 2.39. The van der Waals surface area contributed by atoms with Crippen molar-refractivity contribution in [3.63, 3.8) is 0 Å². The number of hydrogen-bond acceptors (Lipinski definition) is 0. The van der Waals surface area contributed by atoms with Crippen LogP contribution in [0.15, 0.2) is 30.3 Å². The van der Waals surface area contributed by atoms with Crippen LogP contribution >= 0.6 is 7.47 Å². The third-order valence-electron chi connectivity index (χ3n) is 4.54. The zero-order valence-electron chi connectivity index (χ0n) is 17.9. The monoisotopic (exact) mass is 376 g/mol. The molecule has 2 rings (SSSR count). The minimum absolute atomic E-state index is 0.0445. The quantitative estimate of drug-likeness (QED) is 0.474. The molecule has 0 N–H and O–H groups in total. The summed E-state index contributed by atoms with van der Waals surface area (Å²) in [5, 5.41) is 0. The second-order valence-corrected chi connectivity index (χ2v) is 16.7. The van der Waals surface area contributed by atoms with E-state index in [1.165, 1.54) is 11.4 Å². The van der Waals surface area contributed by atoms with Gasteiger partial charge in [-0.25, -0.2) is 0 Å². The first-order valence-electron chi connectivity index (χ1n) is 9.55. The molecule has 0 atom stereocenters. The average molecular weight is 377 g/mol. The van der Waals surface area contributed by atoms with Crippen molar-refractivity contribution in [1.29, 1.82) is 0 Å². The van der Waals surface area contributed by atoms with Crippen LogP contribution in [0.2, 0.25) is 0 Å². The van der Waals surface area contributed by atoms with Crippen LogP contribution in [-0.4, -0.2) is 23.9 Å². The van der Waals surface area contributed by atoms with Crippen LogP contribution in [-0.2, 0) is 11.1 Å². The van der Waals surface area contributed by atoms with Crippen molar-refractivity contribution in [3.05, 3.63) is 30.3 Å². The molecule has 0 saturated heterocycles. The fourth-order valence-corrected chi connectivity index (χ4v) is 14.9. The maximum Gasteiger partial charge on any atom is 0.152 e. The van der Waals surface area contributed by atoms with Crippen molar-refractivity contribution >= 4 is 15.9 Å². The first-order valence-corrected chi connectivity index (χ1v) is 13.3. The zero-order valence-corrected chi connectivity index (χ0v) is 19.8. The van der Waals surface area contributed by atoms with E-state index in [4.69, 9.17) is 0 Å². The molecule has 0 spiro atoms. The molecule has 0 amide bonds. The summed E-state index contributed by atoms with van der Waals surface area (Å²) in [5.74, 6) is 1.45. The van der Waals surface area contributed by atoms with Gasteiger partial charge in [-0.15, -0.1) is 0 Å². The molecule has 4 heteroatoms. The number of aromatic nitrogens is 2. The highest BCUT2D eigenvalue weighted by atomic mass is 31.4. The van der Waals surface area contributed by atoms with Gasteiger partial charge in [-0.2, -0.15) is 7.47 Å². The van der Waals surface area contributed by atoms with Crippen LogP contribution in [0.5, 0.6) is 0 Å². The summed E-state index contributed by atoms with van der Waals surface area (Å²) in [6, 6.07) is 11.0. The van der Waals surface area contributed by atoms with Gasteiger partial charge in [0.15, 0.2) is 5.82 Å². The molecule has 0 fully saturated rings. The van der Waals surface area contributed by atoms with Crippen LogP contribution in [0.3, 0.4) is 0 Å². The van der Waals surface area contributed by atoms with Gasteiger partial charge >= 0.3 is 0 Å². The van der Waals surface area contributed by atoms with E-state index in [-0.39, 0.29) is 18.5 Å². The third kappa shape index (κ3) is 4.03. The molecular weight excluding hydrogens is 339 g/mol. The molecule has 0 aliphatic rings. The van der Waals surface area contributed by atoms with Crippen LogP contribution in [0.25, 0.3) is 11.4 Å². The predicted molar refractivity (Wildman–Crippen MR) is 114 cm³/mol. The molecule has 1 aromatic heterocycles. The lowest BCUT2D eigenvalue weighted by Crippen LogP contribution is -2.70. The summed E-state index contributed by atoms with van der Waals surface area (Å²) in [7, 11) is -0.823. The Kier molecular flexibility index (Phi) is 5.91. The summed E-state index contributed by atoms with van der Waals surface area (Å²) in [5.41, 5.74) is 3.20. The number of hydrogen-bond donors (Lipinski definition) is 0. The fourth-order valence-electron chi connectivity index (χ4n) is 3.71. The fraction of sp³-hybridized carbons (Fsp3) is 0.667. The first-order chi connectivity index (χ1) is 11.4. The Hall–Kier alpha value is -0.663. The molecule has 0 bridgehead atoms. The molecule has 25 heavy (non-hydrogen) atoms. The second-order valence-electron chi connectivity index (χ2n) is 9.60. The van der Waals surface area contributed by atoms with Gasteiger partial charge in [0.05, 0.1) is 0 Å². The maximum absolute atomic E-state index is 2.81. The lowest BCUT2D eigenvalue weighted by Gasteiger charge is -2.53. The minimum atomic E-state index is -0.778. The summed E-state index contributed by atoms with van der Waals surface area (Å²) in [6.07, 6.45) is 0. The summed E-state index contributed by atoms with van der Waals surface area (Å²) >= 11 is 0. The van der Waals surface area contributed by atoms with E-state index in [1.54, 1.807) is 0 Å². The maximum atomic E-state index is 2.81. The van der Waals surface area contributed by atoms with E-state index in [1.807, 2.05) is 0 Å². The number of nitrogens with zero attached hydrogens (tertiary/aromatic N) is 2. The molecule has 2 aromatic rings. The largest absolute Gasteiger partial charge is 0.425 e. The van der Waals surface area contributed by atoms with Gasteiger partial charge < -0.3 is 8.44 Å². The Bertz CT molecular complexity index is 659. The van der Waals surface area contributed by atoms with Crippen molar-refractivity contribution < 1.29 is 4.22 Å².